The molecule has 122 valence electrons. The molecule has 1 amide bonds. The summed E-state index contributed by atoms with van der Waals surface area (Å²) in [6.45, 7) is 6.09. The van der Waals surface area contributed by atoms with Gasteiger partial charge >= 0.3 is 0 Å². The van der Waals surface area contributed by atoms with Gasteiger partial charge in [-0.25, -0.2) is 0 Å². The SMILES string of the molecule is Cc1cc(CN(CC(N)=O)C[C@@H]2CN(C)CCO2)ccc1Cl. The average Bonchev–Trinajstić information content (AvgIpc) is 2.42. The molecule has 1 fully saturated rings. The first-order valence-electron chi connectivity index (χ1n) is 7.50. The quantitative estimate of drug-likeness (QED) is 0.855. The fourth-order valence-corrected chi connectivity index (χ4v) is 2.85. The summed E-state index contributed by atoms with van der Waals surface area (Å²) in [5.41, 5.74) is 7.53. The van der Waals surface area contributed by atoms with E-state index in [0.29, 0.717) is 13.1 Å². The molecule has 1 aliphatic heterocycles. The lowest BCUT2D eigenvalue weighted by Gasteiger charge is -2.33. The van der Waals surface area contributed by atoms with Crippen LogP contribution < -0.4 is 5.73 Å². The van der Waals surface area contributed by atoms with Crippen LogP contribution in [0.2, 0.25) is 5.02 Å². The van der Waals surface area contributed by atoms with Crippen LogP contribution >= 0.6 is 11.6 Å². The molecule has 1 atom stereocenters. The van der Waals surface area contributed by atoms with Crippen LogP contribution in [0.25, 0.3) is 0 Å². The molecule has 0 bridgehead atoms. The molecule has 22 heavy (non-hydrogen) atoms. The minimum Gasteiger partial charge on any atom is -0.374 e. The van der Waals surface area contributed by atoms with Gasteiger partial charge in [0.05, 0.1) is 19.3 Å². The van der Waals surface area contributed by atoms with E-state index in [4.69, 9.17) is 22.1 Å². The first kappa shape index (κ1) is 17.2. The van der Waals surface area contributed by atoms with E-state index in [2.05, 4.69) is 11.9 Å². The van der Waals surface area contributed by atoms with Gasteiger partial charge in [0.25, 0.3) is 0 Å². The van der Waals surface area contributed by atoms with Crippen molar-refractivity contribution in [2.24, 2.45) is 5.73 Å². The van der Waals surface area contributed by atoms with E-state index in [-0.39, 0.29) is 18.6 Å². The van der Waals surface area contributed by atoms with E-state index in [9.17, 15) is 4.79 Å². The second kappa shape index (κ2) is 7.92. The Morgan fingerprint density at radius 3 is 2.95 bits per heavy atom. The lowest BCUT2D eigenvalue weighted by Crippen LogP contribution is -2.47. The Hall–Kier alpha value is -1.14. The topological polar surface area (TPSA) is 58.8 Å². The van der Waals surface area contributed by atoms with Crippen LogP contribution in [-0.4, -0.2) is 61.6 Å². The van der Waals surface area contributed by atoms with E-state index in [1.54, 1.807) is 0 Å². The number of aryl methyl sites for hydroxylation is 1. The molecule has 1 aromatic rings. The number of hydrogen-bond donors (Lipinski definition) is 1. The molecule has 0 unspecified atom stereocenters. The predicted octanol–water partition coefficient (Wildman–Crippen LogP) is 1.27. The van der Waals surface area contributed by atoms with Gasteiger partial charge in [0, 0.05) is 31.2 Å². The molecule has 0 aromatic heterocycles. The number of amides is 1. The number of ether oxygens (including phenoxy) is 1. The van der Waals surface area contributed by atoms with Crippen molar-refractivity contribution in [3.05, 3.63) is 34.3 Å². The Bertz CT molecular complexity index is 524. The number of likely N-dealkylation sites (N-methyl/N-ethyl adjacent to an activating group) is 1. The maximum Gasteiger partial charge on any atom is 0.231 e. The van der Waals surface area contributed by atoms with E-state index in [0.717, 1.165) is 35.8 Å². The Labute approximate surface area is 137 Å². The highest BCUT2D eigenvalue weighted by Crippen LogP contribution is 2.18. The van der Waals surface area contributed by atoms with Crippen molar-refractivity contribution in [2.45, 2.75) is 19.6 Å². The average molecular weight is 326 g/mol. The monoisotopic (exact) mass is 325 g/mol. The largest absolute Gasteiger partial charge is 0.374 e. The number of rotatable bonds is 6. The van der Waals surface area contributed by atoms with Gasteiger partial charge in [0.15, 0.2) is 0 Å². The zero-order chi connectivity index (χ0) is 16.1. The molecule has 2 N–H and O–H groups in total. The summed E-state index contributed by atoms with van der Waals surface area (Å²) in [5.74, 6) is -0.324. The molecule has 0 saturated carbocycles. The molecule has 0 radical (unpaired) electrons. The summed E-state index contributed by atoms with van der Waals surface area (Å²) in [7, 11) is 2.08. The van der Waals surface area contributed by atoms with Gasteiger partial charge in [-0.05, 0) is 31.2 Å². The number of nitrogens with two attached hydrogens (primary N) is 1. The molecule has 1 aromatic carbocycles. The van der Waals surface area contributed by atoms with Crippen molar-refractivity contribution in [1.29, 1.82) is 0 Å². The van der Waals surface area contributed by atoms with Gasteiger partial charge in [-0.1, -0.05) is 23.7 Å². The fraction of sp³-hybridized carbons (Fsp3) is 0.562. The summed E-state index contributed by atoms with van der Waals surface area (Å²) in [6, 6.07) is 5.92. The van der Waals surface area contributed by atoms with E-state index >= 15 is 0 Å². The number of hydrogen-bond acceptors (Lipinski definition) is 4. The number of benzene rings is 1. The van der Waals surface area contributed by atoms with Crippen molar-refractivity contribution in [3.8, 4) is 0 Å². The summed E-state index contributed by atoms with van der Waals surface area (Å²) in [5, 5.41) is 0.752. The first-order valence-corrected chi connectivity index (χ1v) is 7.87. The number of carbonyl (C=O) groups excluding carboxylic acids is 1. The highest BCUT2D eigenvalue weighted by atomic mass is 35.5. The Morgan fingerprint density at radius 1 is 1.55 bits per heavy atom. The number of morpholine rings is 1. The van der Waals surface area contributed by atoms with Crippen LogP contribution in [0.5, 0.6) is 0 Å². The van der Waals surface area contributed by atoms with Gasteiger partial charge in [0.1, 0.15) is 0 Å². The molecular weight excluding hydrogens is 302 g/mol. The van der Waals surface area contributed by atoms with E-state index in [1.165, 1.54) is 0 Å². The van der Waals surface area contributed by atoms with Gasteiger partial charge in [0.2, 0.25) is 5.91 Å². The zero-order valence-electron chi connectivity index (χ0n) is 13.2. The minimum atomic E-state index is -0.324. The second-order valence-electron chi connectivity index (χ2n) is 5.97. The van der Waals surface area contributed by atoms with E-state index < -0.39 is 0 Å². The van der Waals surface area contributed by atoms with Gasteiger partial charge < -0.3 is 15.4 Å². The molecule has 1 saturated heterocycles. The Kier molecular flexibility index (Phi) is 6.20. The molecule has 1 heterocycles. The molecule has 0 spiro atoms. The standard InChI is InChI=1S/C16H24ClN3O2/c1-12-7-13(3-4-15(12)17)8-20(11-16(18)21)10-14-9-19(2)5-6-22-14/h3-4,7,14H,5-6,8-11H2,1-2H3,(H2,18,21)/t14-/m0/s1. The third-order valence-electron chi connectivity index (χ3n) is 3.81. The Morgan fingerprint density at radius 2 is 2.32 bits per heavy atom. The number of primary amides is 1. The molecule has 0 aliphatic carbocycles. The second-order valence-corrected chi connectivity index (χ2v) is 6.38. The maximum absolute atomic E-state index is 11.3. The normalized spacial score (nSPS) is 19.5. The van der Waals surface area contributed by atoms with Crippen LogP contribution in [0.4, 0.5) is 0 Å². The summed E-state index contributed by atoms with van der Waals surface area (Å²) in [4.78, 5) is 15.6. The third kappa shape index (κ3) is 5.25. The van der Waals surface area contributed by atoms with E-state index in [1.807, 2.05) is 30.0 Å². The van der Waals surface area contributed by atoms with Crippen LogP contribution in [0.3, 0.4) is 0 Å². The minimum absolute atomic E-state index is 0.103. The summed E-state index contributed by atoms with van der Waals surface area (Å²) < 4.78 is 5.78. The smallest absolute Gasteiger partial charge is 0.231 e. The molecule has 1 aliphatic rings. The summed E-state index contributed by atoms with van der Waals surface area (Å²) >= 11 is 6.06. The van der Waals surface area contributed by atoms with Crippen molar-refractivity contribution in [3.63, 3.8) is 0 Å². The van der Waals surface area contributed by atoms with Crippen molar-refractivity contribution in [2.75, 3.05) is 39.8 Å². The molecule has 2 rings (SSSR count). The number of nitrogens with zero attached hydrogens (tertiary/aromatic N) is 2. The van der Waals surface area contributed by atoms with Gasteiger partial charge in [-0.15, -0.1) is 0 Å². The van der Waals surface area contributed by atoms with Gasteiger partial charge in [-0.2, -0.15) is 0 Å². The van der Waals surface area contributed by atoms with Crippen molar-refractivity contribution in [1.82, 2.24) is 9.80 Å². The highest BCUT2D eigenvalue weighted by molar-refractivity contribution is 6.31. The highest BCUT2D eigenvalue weighted by Gasteiger charge is 2.21. The maximum atomic E-state index is 11.3. The third-order valence-corrected chi connectivity index (χ3v) is 4.24. The zero-order valence-corrected chi connectivity index (χ0v) is 14.0. The van der Waals surface area contributed by atoms with Crippen LogP contribution in [0.1, 0.15) is 11.1 Å². The predicted molar refractivity (Wildman–Crippen MR) is 87.9 cm³/mol. The lowest BCUT2D eigenvalue weighted by molar-refractivity contribution is -0.120. The van der Waals surface area contributed by atoms with Crippen molar-refractivity contribution < 1.29 is 9.53 Å². The van der Waals surface area contributed by atoms with Crippen molar-refractivity contribution >= 4 is 17.5 Å². The molecular formula is C16H24ClN3O2. The Balaban J connectivity index is 2.01. The molecule has 6 heteroatoms. The van der Waals surface area contributed by atoms with Gasteiger partial charge in [-0.3, -0.25) is 9.69 Å². The fourth-order valence-electron chi connectivity index (χ4n) is 2.73. The molecule has 5 nitrogen and oxygen atoms in total. The first-order chi connectivity index (χ1) is 10.4. The van der Waals surface area contributed by atoms with Crippen LogP contribution in [0, 0.1) is 6.92 Å². The van der Waals surface area contributed by atoms with Crippen LogP contribution in [0.15, 0.2) is 18.2 Å². The lowest BCUT2D eigenvalue weighted by atomic mass is 10.1. The summed E-state index contributed by atoms with van der Waals surface area (Å²) in [6.07, 6.45) is 0.103. The number of halogens is 1. The van der Waals surface area contributed by atoms with Crippen LogP contribution in [-0.2, 0) is 16.1 Å². The number of carbonyl (C=O) groups is 1.